The highest BCUT2D eigenvalue weighted by atomic mass is 35.5. The molecule has 1 aromatic heterocycles. The third-order valence-electron chi connectivity index (χ3n) is 4.32. The fraction of sp³-hybridized carbons (Fsp3) is 0.421. The molecule has 2 heterocycles. The molecule has 1 aliphatic heterocycles. The summed E-state index contributed by atoms with van der Waals surface area (Å²) in [7, 11) is 0. The van der Waals surface area contributed by atoms with Crippen LogP contribution in [0.3, 0.4) is 0 Å². The predicted octanol–water partition coefficient (Wildman–Crippen LogP) is 2.95. The van der Waals surface area contributed by atoms with Crippen molar-refractivity contribution in [3.8, 4) is 5.75 Å². The van der Waals surface area contributed by atoms with Crippen LogP contribution in [0.2, 0.25) is 5.02 Å². The summed E-state index contributed by atoms with van der Waals surface area (Å²) in [6.07, 6.45) is 0. The Kier molecular flexibility index (Phi) is 6.71. The van der Waals surface area contributed by atoms with E-state index in [1.54, 1.807) is 0 Å². The minimum absolute atomic E-state index is 0.0824. The zero-order chi connectivity index (χ0) is 19.2. The van der Waals surface area contributed by atoms with Crippen molar-refractivity contribution in [2.45, 2.75) is 13.0 Å². The molecule has 1 aromatic carbocycles. The summed E-state index contributed by atoms with van der Waals surface area (Å²) < 4.78 is 29.6. The van der Waals surface area contributed by atoms with Crippen molar-refractivity contribution in [1.29, 1.82) is 0 Å². The summed E-state index contributed by atoms with van der Waals surface area (Å²) in [4.78, 5) is 14.4. The fourth-order valence-electron chi connectivity index (χ4n) is 2.93. The van der Waals surface area contributed by atoms with Gasteiger partial charge in [0.15, 0.2) is 6.61 Å². The molecular weight excluding hydrogens is 375 g/mol. The lowest BCUT2D eigenvalue weighted by Gasteiger charge is -2.33. The normalized spacial score (nSPS) is 16.1. The Morgan fingerprint density at radius 2 is 2.11 bits per heavy atom. The maximum Gasteiger partial charge on any atom is 0.258 e. The van der Waals surface area contributed by atoms with Crippen LogP contribution in [0.15, 0.2) is 34.7 Å². The molecule has 0 bridgehead atoms. The van der Waals surface area contributed by atoms with Crippen molar-refractivity contribution in [2.75, 3.05) is 39.5 Å². The van der Waals surface area contributed by atoms with Gasteiger partial charge < -0.3 is 19.2 Å². The highest BCUT2D eigenvalue weighted by molar-refractivity contribution is 6.32. The molecule has 1 atom stereocenters. The molecule has 6 nitrogen and oxygen atoms in total. The number of morpholine rings is 1. The van der Waals surface area contributed by atoms with Crippen LogP contribution in [0.1, 0.15) is 17.6 Å². The van der Waals surface area contributed by atoms with E-state index in [0.29, 0.717) is 19.8 Å². The monoisotopic (exact) mass is 396 g/mol. The van der Waals surface area contributed by atoms with Gasteiger partial charge in [-0.15, -0.1) is 0 Å². The molecule has 1 fully saturated rings. The molecule has 3 rings (SSSR count). The van der Waals surface area contributed by atoms with Gasteiger partial charge >= 0.3 is 0 Å². The molecule has 1 saturated heterocycles. The van der Waals surface area contributed by atoms with Gasteiger partial charge in [-0.25, -0.2) is 4.39 Å². The highest BCUT2D eigenvalue weighted by Gasteiger charge is 2.25. The predicted molar refractivity (Wildman–Crippen MR) is 98.5 cm³/mol. The number of amides is 1. The fourth-order valence-corrected chi connectivity index (χ4v) is 3.15. The van der Waals surface area contributed by atoms with Crippen LogP contribution in [-0.4, -0.2) is 50.3 Å². The zero-order valence-electron chi connectivity index (χ0n) is 15.0. The van der Waals surface area contributed by atoms with Gasteiger partial charge in [-0.05, 0) is 37.3 Å². The molecule has 0 saturated carbocycles. The van der Waals surface area contributed by atoms with E-state index in [4.69, 9.17) is 25.5 Å². The Labute approximate surface area is 162 Å². The minimum Gasteiger partial charge on any atom is -0.482 e. The summed E-state index contributed by atoms with van der Waals surface area (Å²) in [5, 5.41) is 2.99. The van der Waals surface area contributed by atoms with E-state index in [9.17, 15) is 9.18 Å². The SMILES string of the molecule is Cc1ccc([C@H](CNC(=O)COc2ccc(F)cc2Cl)N2CCOCC2)o1. The van der Waals surface area contributed by atoms with E-state index in [2.05, 4.69) is 10.2 Å². The number of carbonyl (C=O) groups is 1. The number of aryl methyl sites for hydroxylation is 1. The summed E-state index contributed by atoms with van der Waals surface area (Å²) in [6, 6.07) is 7.52. The molecule has 0 aliphatic carbocycles. The number of hydrogen-bond acceptors (Lipinski definition) is 5. The van der Waals surface area contributed by atoms with Crippen LogP contribution >= 0.6 is 11.6 Å². The van der Waals surface area contributed by atoms with Crippen LogP contribution in [0.4, 0.5) is 4.39 Å². The standard InChI is InChI=1S/C19H22ClFN2O4/c1-13-2-4-18(27-13)16(23-6-8-25-9-7-23)11-22-19(24)12-26-17-5-3-14(21)10-15(17)20/h2-5,10,16H,6-9,11-12H2,1H3,(H,22,24)/t16-/m0/s1. The number of nitrogens with one attached hydrogen (secondary N) is 1. The molecule has 1 N–H and O–H groups in total. The van der Waals surface area contributed by atoms with E-state index in [-0.39, 0.29) is 29.3 Å². The number of furan rings is 1. The van der Waals surface area contributed by atoms with Crippen molar-refractivity contribution in [2.24, 2.45) is 0 Å². The summed E-state index contributed by atoms with van der Waals surface area (Å²) >= 11 is 5.90. The number of carbonyl (C=O) groups excluding carboxylic acids is 1. The first-order valence-corrected chi connectivity index (χ1v) is 9.13. The molecule has 27 heavy (non-hydrogen) atoms. The maximum atomic E-state index is 13.1. The van der Waals surface area contributed by atoms with Crippen LogP contribution < -0.4 is 10.1 Å². The van der Waals surface area contributed by atoms with Gasteiger partial charge in [0.05, 0.1) is 24.3 Å². The molecular formula is C19H22ClFN2O4. The van der Waals surface area contributed by atoms with Crippen molar-refractivity contribution in [1.82, 2.24) is 10.2 Å². The lowest BCUT2D eigenvalue weighted by atomic mass is 10.1. The molecule has 146 valence electrons. The van der Waals surface area contributed by atoms with E-state index in [1.807, 2.05) is 19.1 Å². The minimum atomic E-state index is -0.459. The van der Waals surface area contributed by atoms with Gasteiger partial charge in [0.2, 0.25) is 0 Å². The smallest absolute Gasteiger partial charge is 0.258 e. The molecule has 1 aliphatic rings. The summed E-state index contributed by atoms with van der Waals surface area (Å²) in [5.41, 5.74) is 0. The largest absolute Gasteiger partial charge is 0.482 e. The Bertz CT molecular complexity index is 777. The first-order chi connectivity index (χ1) is 13.0. The van der Waals surface area contributed by atoms with Crippen LogP contribution in [-0.2, 0) is 9.53 Å². The van der Waals surface area contributed by atoms with Gasteiger partial charge in [-0.3, -0.25) is 9.69 Å². The molecule has 2 aromatic rings. The lowest BCUT2D eigenvalue weighted by molar-refractivity contribution is -0.123. The van der Waals surface area contributed by atoms with Gasteiger partial charge in [0.25, 0.3) is 5.91 Å². The Balaban J connectivity index is 1.56. The first kappa shape index (κ1) is 19.7. The summed E-state index contributed by atoms with van der Waals surface area (Å²) in [5.74, 6) is 1.14. The van der Waals surface area contributed by atoms with E-state index < -0.39 is 5.82 Å². The first-order valence-electron chi connectivity index (χ1n) is 8.75. The quantitative estimate of drug-likeness (QED) is 0.779. The maximum absolute atomic E-state index is 13.1. The van der Waals surface area contributed by atoms with Crippen molar-refractivity contribution in [3.63, 3.8) is 0 Å². The number of ether oxygens (including phenoxy) is 2. The second kappa shape index (κ2) is 9.21. The number of nitrogens with zero attached hydrogens (tertiary/aromatic N) is 1. The second-order valence-electron chi connectivity index (χ2n) is 6.28. The highest BCUT2D eigenvalue weighted by Crippen LogP contribution is 2.25. The van der Waals surface area contributed by atoms with Gasteiger partial charge in [-0.2, -0.15) is 0 Å². The van der Waals surface area contributed by atoms with E-state index in [1.165, 1.54) is 12.1 Å². The summed E-state index contributed by atoms with van der Waals surface area (Å²) in [6.45, 7) is 4.89. The number of rotatable bonds is 7. The Morgan fingerprint density at radius 3 is 2.78 bits per heavy atom. The van der Waals surface area contributed by atoms with Gasteiger partial charge in [-0.1, -0.05) is 11.6 Å². The second-order valence-corrected chi connectivity index (χ2v) is 6.69. The average molecular weight is 397 g/mol. The number of hydrogen-bond donors (Lipinski definition) is 1. The average Bonchev–Trinajstić information content (AvgIpc) is 3.08. The third-order valence-corrected chi connectivity index (χ3v) is 4.62. The topological polar surface area (TPSA) is 63.9 Å². The number of halogens is 2. The van der Waals surface area contributed by atoms with Gasteiger partial charge in [0, 0.05) is 19.6 Å². The Morgan fingerprint density at radius 1 is 1.33 bits per heavy atom. The lowest BCUT2D eigenvalue weighted by Crippen LogP contribution is -2.44. The van der Waals surface area contributed by atoms with Crippen LogP contribution in [0, 0.1) is 12.7 Å². The van der Waals surface area contributed by atoms with Gasteiger partial charge in [0.1, 0.15) is 23.1 Å². The van der Waals surface area contributed by atoms with Crippen molar-refractivity contribution < 1.29 is 23.1 Å². The van der Waals surface area contributed by atoms with E-state index >= 15 is 0 Å². The zero-order valence-corrected chi connectivity index (χ0v) is 15.8. The molecule has 1 amide bonds. The number of benzene rings is 1. The molecule has 0 radical (unpaired) electrons. The Hall–Kier alpha value is -2.09. The van der Waals surface area contributed by atoms with Crippen LogP contribution in [0.5, 0.6) is 5.75 Å². The third kappa shape index (κ3) is 5.45. The van der Waals surface area contributed by atoms with Crippen molar-refractivity contribution >= 4 is 17.5 Å². The van der Waals surface area contributed by atoms with Crippen molar-refractivity contribution in [3.05, 3.63) is 52.7 Å². The molecule has 0 unspecified atom stereocenters. The molecule has 8 heteroatoms. The molecule has 0 spiro atoms. The van der Waals surface area contributed by atoms with E-state index in [0.717, 1.165) is 30.7 Å². The van der Waals surface area contributed by atoms with Crippen LogP contribution in [0.25, 0.3) is 0 Å².